The van der Waals surface area contributed by atoms with E-state index < -0.39 is 11.8 Å². The maximum absolute atomic E-state index is 13.7. The van der Waals surface area contributed by atoms with E-state index >= 15 is 0 Å². The molecule has 150 valence electrons. The van der Waals surface area contributed by atoms with Crippen LogP contribution in [0.5, 0.6) is 5.75 Å². The van der Waals surface area contributed by atoms with E-state index in [4.69, 9.17) is 9.26 Å². The maximum Gasteiger partial charge on any atom is 0.343 e. The maximum atomic E-state index is 13.7. The molecule has 2 saturated heterocycles. The molecule has 1 aromatic heterocycles. The number of carboxylic acid groups (broad SMARTS) is 1. The van der Waals surface area contributed by atoms with Crippen LogP contribution in [0.2, 0.25) is 0 Å². The van der Waals surface area contributed by atoms with E-state index in [0.717, 1.165) is 45.4 Å². The number of piperidine rings is 1. The van der Waals surface area contributed by atoms with Crippen molar-refractivity contribution in [3.8, 4) is 17.1 Å². The van der Waals surface area contributed by atoms with Crippen LogP contribution in [0.25, 0.3) is 11.3 Å². The number of carboxylic acids is 1. The Hall–Kier alpha value is -2.61. The lowest BCUT2D eigenvalue weighted by atomic mass is 9.79. The lowest BCUT2D eigenvalue weighted by molar-refractivity contribution is 0.0697. The smallest absolute Gasteiger partial charge is 0.343 e. The van der Waals surface area contributed by atoms with Gasteiger partial charge in [0.25, 0.3) is 0 Å². The molecule has 0 radical (unpaired) electrons. The summed E-state index contributed by atoms with van der Waals surface area (Å²) in [5.74, 6) is -1.15. The molecule has 4 rings (SSSR count). The van der Waals surface area contributed by atoms with Crippen molar-refractivity contribution in [2.45, 2.75) is 19.3 Å². The van der Waals surface area contributed by atoms with Crippen molar-refractivity contribution in [3.63, 3.8) is 0 Å². The Labute approximate surface area is 162 Å². The molecule has 28 heavy (non-hydrogen) atoms. The monoisotopic (exact) mass is 389 g/mol. The van der Waals surface area contributed by atoms with Gasteiger partial charge in [-0.05, 0) is 51.1 Å². The van der Waals surface area contributed by atoms with E-state index in [1.807, 2.05) is 4.90 Å². The van der Waals surface area contributed by atoms with Gasteiger partial charge in [-0.1, -0.05) is 5.16 Å². The molecule has 2 aliphatic rings. The molecule has 1 spiro atoms. The zero-order chi connectivity index (χ0) is 19.9. The molecule has 1 unspecified atom stereocenters. The second kappa shape index (κ2) is 7.09. The SMILES string of the molecule is COc1cc(-c2onc(N3CCCC4(CCN(C)C4)C3)c2C(=O)O)ccc1F. The Kier molecular flexibility index (Phi) is 4.74. The molecule has 1 N–H and O–H groups in total. The van der Waals surface area contributed by atoms with Gasteiger partial charge in [0, 0.05) is 30.6 Å². The number of anilines is 1. The van der Waals surface area contributed by atoms with Crippen LogP contribution in [0.1, 0.15) is 29.6 Å². The van der Waals surface area contributed by atoms with Crippen molar-refractivity contribution >= 4 is 11.8 Å². The quantitative estimate of drug-likeness (QED) is 0.861. The summed E-state index contributed by atoms with van der Waals surface area (Å²) in [6.07, 6.45) is 3.22. The summed E-state index contributed by atoms with van der Waals surface area (Å²) in [4.78, 5) is 16.4. The summed E-state index contributed by atoms with van der Waals surface area (Å²) >= 11 is 0. The van der Waals surface area contributed by atoms with Crippen LogP contribution in [0.4, 0.5) is 10.2 Å². The van der Waals surface area contributed by atoms with Crippen LogP contribution in [0.15, 0.2) is 22.7 Å². The van der Waals surface area contributed by atoms with E-state index in [0.29, 0.717) is 11.4 Å². The number of benzene rings is 1. The van der Waals surface area contributed by atoms with Crippen molar-refractivity contribution in [1.82, 2.24) is 10.1 Å². The van der Waals surface area contributed by atoms with Crippen LogP contribution in [-0.4, -0.2) is 61.5 Å². The van der Waals surface area contributed by atoms with E-state index in [-0.39, 0.29) is 22.5 Å². The Morgan fingerprint density at radius 3 is 2.82 bits per heavy atom. The van der Waals surface area contributed by atoms with Crippen molar-refractivity contribution in [1.29, 1.82) is 0 Å². The second-order valence-electron chi connectivity index (χ2n) is 7.88. The van der Waals surface area contributed by atoms with Crippen molar-refractivity contribution < 1.29 is 23.6 Å². The summed E-state index contributed by atoms with van der Waals surface area (Å²) in [7, 11) is 3.48. The summed E-state index contributed by atoms with van der Waals surface area (Å²) in [6.45, 7) is 3.56. The number of carbonyl (C=O) groups is 1. The molecule has 7 nitrogen and oxygen atoms in total. The zero-order valence-corrected chi connectivity index (χ0v) is 16.1. The van der Waals surface area contributed by atoms with Gasteiger partial charge in [-0.2, -0.15) is 0 Å². The molecule has 2 aliphatic heterocycles. The summed E-state index contributed by atoms with van der Waals surface area (Å²) in [6, 6.07) is 4.13. The van der Waals surface area contributed by atoms with Gasteiger partial charge in [0.2, 0.25) is 0 Å². The minimum absolute atomic E-state index is 0.0112. The van der Waals surface area contributed by atoms with Crippen molar-refractivity contribution in [2.24, 2.45) is 5.41 Å². The number of likely N-dealkylation sites (tertiary alicyclic amines) is 1. The van der Waals surface area contributed by atoms with E-state index in [2.05, 4.69) is 17.1 Å². The van der Waals surface area contributed by atoms with Gasteiger partial charge in [-0.3, -0.25) is 0 Å². The molecule has 0 saturated carbocycles. The minimum Gasteiger partial charge on any atom is -0.494 e. The molecule has 0 amide bonds. The van der Waals surface area contributed by atoms with Gasteiger partial charge in [0.15, 0.2) is 28.7 Å². The number of methoxy groups -OCH3 is 1. The highest BCUT2D eigenvalue weighted by Gasteiger charge is 2.42. The Balaban J connectivity index is 1.70. The molecule has 2 aromatic rings. The lowest BCUT2D eigenvalue weighted by Crippen LogP contribution is -2.45. The predicted octanol–water partition coefficient (Wildman–Crippen LogP) is 3.11. The number of hydrogen-bond acceptors (Lipinski definition) is 6. The molecule has 2 fully saturated rings. The van der Waals surface area contributed by atoms with Gasteiger partial charge in [-0.25, -0.2) is 9.18 Å². The first-order valence-corrected chi connectivity index (χ1v) is 9.43. The number of halogens is 1. The van der Waals surface area contributed by atoms with Gasteiger partial charge in [0.1, 0.15) is 0 Å². The first-order chi connectivity index (χ1) is 13.4. The highest BCUT2D eigenvalue weighted by molar-refractivity contribution is 5.99. The molecule has 1 aromatic carbocycles. The van der Waals surface area contributed by atoms with Crippen LogP contribution in [0.3, 0.4) is 0 Å². The first-order valence-electron chi connectivity index (χ1n) is 9.43. The third-order valence-electron chi connectivity index (χ3n) is 5.89. The van der Waals surface area contributed by atoms with Gasteiger partial charge in [0.05, 0.1) is 7.11 Å². The number of hydrogen-bond donors (Lipinski definition) is 1. The first kappa shape index (κ1) is 18.7. The average molecular weight is 389 g/mol. The van der Waals surface area contributed by atoms with Crippen molar-refractivity contribution in [2.75, 3.05) is 45.2 Å². The normalized spacial score (nSPS) is 22.8. The second-order valence-corrected chi connectivity index (χ2v) is 7.88. The molecular weight excluding hydrogens is 365 g/mol. The summed E-state index contributed by atoms with van der Waals surface area (Å²) in [5, 5.41) is 14.0. The average Bonchev–Trinajstić information content (AvgIpc) is 3.26. The lowest BCUT2D eigenvalue weighted by Gasteiger charge is -2.40. The Morgan fingerprint density at radius 2 is 2.14 bits per heavy atom. The van der Waals surface area contributed by atoms with Crippen LogP contribution in [-0.2, 0) is 0 Å². The van der Waals surface area contributed by atoms with Gasteiger partial charge < -0.3 is 24.2 Å². The van der Waals surface area contributed by atoms with E-state index in [9.17, 15) is 14.3 Å². The van der Waals surface area contributed by atoms with Crippen LogP contribution < -0.4 is 9.64 Å². The zero-order valence-electron chi connectivity index (χ0n) is 16.1. The van der Waals surface area contributed by atoms with Crippen LogP contribution >= 0.6 is 0 Å². The largest absolute Gasteiger partial charge is 0.494 e. The number of nitrogens with zero attached hydrogens (tertiary/aromatic N) is 3. The molecule has 1 atom stereocenters. The fourth-order valence-corrected chi connectivity index (χ4v) is 4.57. The topological polar surface area (TPSA) is 79.0 Å². The highest BCUT2D eigenvalue weighted by atomic mass is 19.1. The summed E-state index contributed by atoms with van der Waals surface area (Å²) in [5.41, 5.74) is 0.597. The molecule has 8 heteroatoms. The third-order valence-corrected chi connectivity index (χ3v) is 5.89. The molecule has 3 heterocycles. The van der Waals surface area contributed by atoms with Crippen molar-refractivity contribution in [3.05, 3.63) is 29.6 Å². The summed E-state index contributed by atoms with van der Waals surface area (Å²) < 4.78 is 24.2. The third kappa shape index (κ3) is 3.22. The van der Waals surface area contributed by atoms with E-state index in [1.54, 1.807) is 0 Å². The Morgan fingerprint density at radius 1 is 1.32 bits per heavy atom. The van der Waals surface area contributed by atoms with E-state index in [1.165, 1.54) is 25.3 Å². The highest BCUT2D eigenvalue weighted by Crippen LogP contribution is 2.41. The predicted molar refractivity (Wildman–Crippen MR) is 101 cm³/mol. The number of ether oxygens (including phenoxy) is 1. The van der Waals surface area contributed by atoms with Gasteiger partial charge in [-0.15, -0.1) is 0 Å². The molecule has 0 bridgehead atoms. The van der Waals surface area contributed by atoms with Crippen LogP contribution in [0, 0.1) is 11.2 Å². The minimum atomic E-state index is -1.11. The number of aromatic carboxylic acids is 1. The fourth-order valence-electron chi connectivity index (χ4n) is 4.57. The molecular formula is C20H24FN3O4. The molecule has 0 aliphatic carbocycles. The number of rotatable bonds is 4. The fraction of sp³-hybridized carbons (Fsp3) is 0.500. The Bertz CT molecular complexity index is 896. The number of aromatic nitrogens is 1. The standard InChI is InChI=1S/C20H24FN3O4/c1-23-9-7-20(11-23)6-3-8-24(12-20)18-16(19(25)26)17(28-22-18)13-4-5-14(21)15(10-13)27-2/h4-5,10H,3,6-9,11-12H2,1-2H3,(H,25,26). The van der Waals surface area contributed by atoms with Gasteiger partial charge >= 0.3 is 5.97 Å².